The van der Waals surface area contributed by atoms with Gasteiger partial charge in [0.15, 0.2) is 5.65 Å². The van der Waals surface area contributed by atoms with E-state index in [-0.39, 0.29) is 0 Å². The molecule has 80 valence electrons. The van der Waals surface area contributed by atoms with E-state index in [4.69, 9.17) is 0 Å². The van der Waals surface area contributed by atoms with Gasteiger partial charge in [0, 0.05) is 18.7 Å². The Hall–Kier alpha value is -1.56. The summed E-state index contributed by atoms with van der Waals surface area (Å²) in [5.74, 6) is 0. The summed E-state index contributed by atoms with van der Waals surface area (Å²) in [6.07, 6.45) is 4.32. The van der Waals surface area contributed by atoms with Crippen LogP contribution in [0.2, 0.25) is 0 Å². The van der Waals surface area contributed by atoms with E-state index in [9.17, 15) is 0 Å². The van der Waals surface area contributed by atoms with E-state index in [1.54, 1.807) is 16.9 Å². The van der Waals surface area contributed by atoms with Gasteiger partial charge in [-0.3, -0.25) is 4.98 Å². The molecule has 2 rings (SSSR count). The van der Waals surface area contributed by atoms with E-state index in [1.807, 2.05) is 0 Å². The number of fused-ring (bicyclic) bond motifs is 1. The van der Waals surface area contributed by atoms with Gasteiger partial charge in [-0.25, -0.2) is 0 Å². The number of nitrogens with one attached hydrogen (secondary N) is 1. The first kappa shape index (κ1) is 9.97. The summed E-state index contributed by atoms with van der Waals surface area (Å²) in [6, 6.07) is 0.395. The summed E-state index contributed by atoms with van der Waals surface area (Å²) in [6.45, 7) is 5.18. The van der Waals surface area contributed by atoms with Crippen molar-refractivity contribution in [3.63, 3.8) is 0 Å². The molecular formula is C9H14N6. The highest BCUT2D eigenvalue weighted by molar-refractivity contribution is 5.32. The van der Waals surface area contributed by atoms with Crippen LogP contribution in [0.15, 0.2) is 12.4 Å². The van der Waals surface area contributed by atoms with E-state index < -0.39 is 0 Å². The Morgan fingerprint density at radius 3 is 3.13 bits per heavy atom. The number of hydrogen-bond donors (Lipinski definition) is 1. The number of rotatable bonds is 4. The lowest BCUT2D eigenvalue weighted by atomic mass is 10.2. The molecular weight excluding hydrogens is 192 g/mol. The molecule has 0 fully saturated rings. The molecule has 0 aliphatic heterocycles. The van der Waals surface area contributed by atoms with Gasteiger partial charge in [0.25, 0.3) is 0 Å². The van der Waals surface area contributed by atoms with Gasteiger partial charge in [-0.05, 0) is 23.9 Å². The van der Waals surface area contributed by atoms with Gasteiger partial charge in [-0.15, -0.1) is 5.10 Å². The molecule has 2 heterocycles. The van der Waals surface area contributed by atoms with E-state index in [1.165, 1.54) is 0 Å². The molecule has 0 aliphatic carbocycles. The van der Waals surface area contributed by atoms with Crippen molar-refractivity contribution >= 4 is 5.65 Å². The van der Waals surface area contributed by atoms with Crippen molar-refractivity contribution in [3.8, 4) is 0 Å². The third-order valence-corrected chi connectivity index (χ3v) is 2.25. The summed E-state index contributed by atoms with van der Waals surface area (Å²) in [4.78, 5) is 4.11. The van der Waals surface area contributed by atoms with Gasteiger partial charge >= 0.3 is 0 Å². The second-order valence-corrected chi connectivity index (χ2v) is 3.51. The van der Waals surface area contributed by atoms with Gasteiger partial charge in [-0.2, -0.15) is 4.52 Å². The van der Waals surface area contributed by atoms with Crippen LogP contribution in [-0.2, 0) is 6.42 Å². The van der Waals surface area contributed by atoms with Crippen LogP contribution in [0.25, 0.3) is 5.65 Å². The smallest absolute Gasteiger partial charge is 0.197 e. The summed E-state index contributed by atoms with van der Waals surface area (Å²) < 4.78 is 1.72. The highest BCUT2D eigenvalue weighted by atomic mass is 15.5. The van der Waals surface area contributed by atoms with Crippen LogP contribution in [0.5, 0.6) is 0 Å². The summed E-state index contributed by atoms with van der Waals surface area (Å²) in [5, 5.41) is 14.7. The molecule has 2 aromatic rings. The Morgan fingerprint density at radius 2 is 2.33 bits per heavy atom. The van der Waals surface area contributed by atoms with E-state index in [0.717, 1.165) is 18.7 Å². The number of aromatic nitrogens is 5. The van der Waals surface area contributed by atoms with Crippen molar-refractivity contribution in [2.45, 2.75) is 26.3 Å². The maximum absolute atomic E-state index is 4.11. The normalized spacial score (nSPS) is 13.2. The van der Waals surface area contributed by atoms with Crippen molar-refractivity contribution in [1.29, 1.82) is 0 Å². The Bertz CT molecular complexity index is 437. The molecule has 0 aliphatic rings. The Kier molecular flexibility index (Phi) is 2.86. The average molecular weight is 206 g/mol. The van der Waals surface area contributed by atoms with Crippen LogP contribution in [0.4, 0.5) is 0 Å². The monoisotopic (exact) mass is 206 g/mol. The average Bonchev–Trinajstić information content (AvgIpc) is 2.67. The predicted octanol–water partition coefficient (Wildman–Crippen LogP) is 0.0598. The zero-order chi connectivity index (χ0) is 10.7. The van der Waals surface area contributed by atoms with Crippen LogP contribution in [0.3, 0.4) is 0 Å². The predicted molar refractivity (Wildman–Crippen MR) is 55.4 cm³/mol. The molecule has 0 saturated heterocycles. The minimum atomic E-state index is 0.395. The van der Waals surface area contributed by atoms with E-state index in [0.29, 0.717) is 11.7 Å². The van der Waals surface area contributed by atoms with Crippen LogP contribution in [0.1, 0.15) is 19.5 Å². The highest BCUT2D eigenvalue weighted by Gasteiger charge is 2.07. The zero-order valence-electron chi connectivity index (χ0n) is 8.88. The fourth-order valence-electron chi connectivity index (χ4n) is 1.60. The van der Waals surface area contributed by atoms with Crippen LogP contribution < -0.4 is 5.32 Å². The molecule has 0 bridgehead atoms. The van der Waals surface area contributed by atoms with Crippen molar-refractivity contribution < 1.29 is 0 Å². The van der Waals surface area contributed by atoms with Gasteiger partial charge < -0.3 is 5.32 Å². The fourth-order valence-corrected chi connectivity index (χ4v) is 1.60. The fraction of sp³-hybridized carbons (Fsp3) is 0.556. The number of tetrazole rings is 1. The summed E-state index contributed by atoms with van der Waals surface area (Å²) in [5.41, 5.74) is 1.71. The van der Waals surface area contributed by atoms with Crippen LogP contribution >= 0.6 is 0 Å². The van der Waals surface area contributed by atoms with Gasteiger partial charge in [0.1, 0.15) is 0 Å². The number of nitrogens with zero attached hydrogens (tertiary/aromatic N) is 5. The number of hydrogen-bond acceptors (Lipinski definition) is 5. The minimum absolute atomic E-state index is 0.395. The Morgan fingerprint density at radius 1 is 1.47 bits per heavy atom. The lowest BCUT2D eigenvalue weighted by Crippen LogP contribution is -2.28. The summed E-state index contributed by atoms with van der Waals surface area (Å²) in [7, 11) is 0. The Balaban J connectivity index is 2.23. The van der Waals surface area contributed by atoms with Crippen molar-refractivity contribution in [1.82, 2.24) is 30.3 Å². The Labute approximate surface area is 87.7 Å². The molecule has 2 aromatic heterocycles. The lowest BCUT2D eigenvalue weighted by Gasteiger charge is -2.11. The molecule has 1 unspecified atom stereocenters. The first-order valence-corrected chi connectivity index (χ1v) is 5.05. The molecule has 1 atom stereocenters. The SMILES string of the molecule is CCNC(C)Cc1cncc2nnnn12. The molecule has 15 heavy (non-hydrogen) atoms. The van der Waals surface area contributed by atoms with Crippen molar-refractivity contribution in [3.05, 3.63) is 18.1 Å². The maximum Gasteiger partial charge on any atom is 0.197 e. The summed E-state index contributed by atoms with van der Waals surface area (Å²) >= 11 is 0. The molecule has 0 aromatic carbocycles. The van der Waals surface area contributed by atoms with E-state index >= 15 is 0 Å². The molecule has 0 amide bonds. The second-order valence-electron chi connectivity index (χ2n) is 3.51. The molecule has 0 saturated carbocycles. The van der Waals surface area contributed by atoms with E-state index in [2.05, 4.69) is 39.7 Å². The first-order valence-electron chi connectivity index (χ1n) is 5.05. The molecule has 0 radical (unpaired) electrons. The molecule has 0 spiro atoms. The minimum Gasteiger partial charge on any atom is -0.314 e. The van der Waals surface area contributed by atoms with Crippen LogP contribution in [-0.4, -0.2) is 37.6 Å². The standard InChI is InChI=1S/C9H14N6/c1-3-11-7(2)4-8-5-10-6-9-12-13-14-15(8)9/h5-7,11H,3-4H2,1-2H3. The highest BCUT2D eigenvalue weighted by Crippen LogP contribution is 2.03. The number of likely N-dealkylation sites (N-methyl/N-ethyl adjacent to an activating group) is 1. The first-order chi connectivity index (χ1) is 7.31. The molecule has 6 nitrogen and oxygen atoms in total. The van der Waals surface area contributed by atoms with Crippen LogP contribution in [0, 0.1) is 0 Å². The lowest BCUT2D eigenvalue weighted by molar-refractivity contribution is 0.550. The van der Waals surface area contributed by atoms with Gasteiger partial charge in [0.2, 0.25) is 0 Å². The largest absolute Gasteiger partial charge is 0.314 e. The van der Waals surface area contributed by atoms with Gasteiger partial charge in [-0.1, -0.05) is 6.92 Å². The second kappa shape index (κ2) is 4.31. The van der Waals surface area contributed by atoms with Gasteiger partial charge in [0.05, 0.1) is 11.9 Å². The molecule has 6 heteroatoms. The molecule has 1 N–H and O–H groups in total. The topological polar surface area (TPSA) is 68.0 Å². The third-order valence-electron chi connectivity index (χ3n) is 2.25. The maximum atomic E-state index is 4.11. The zero-order valence-corrected chi connectivity index (χ0v) is 8.88. The van der Waals surface area contributed by atoms with Crippen molar-refractivity contribution in [2.24, 2.45) is 0 Å². The third kappa shape index (κ3) is 2.10. The van der Waals surface area contributed by atoms with Crippen molar-refractivity contribution in [2.75, 3.05) is 6.54 Å². The quantitative estimate of drug-likeness (QED) is 0.766.